The number of rotatable bonds is 5. The SMILES string of the molecule is CCCNC(=O)CN(C)c1cc(F)ncn1. The maximum absolute atomic E-state index is 12.8. The van der Waals surface area contributed by atoms with Crippen molar-refractivity contribution in [1.82, 2.24) is 15.3 Å². The van der Waals surface area contributed by atoms with Crippen LogP contribution in [-0.4, -0.2) is 36.0 Å². The lowest BCUT2D eigenvalue weighted by Crippen LogP contribution is -2.35. The summed E-state index contributed by atoms with van der Waals surface area (Å²) in [7, 11) is 1.67. The van der Waals surface area contributed by atoms with Gasteiger partial charge >= 0.3 is 0 Å². The second-order valence-corrected chi connectivity index (χ2v) is 3.40. The minimum atomic E-state index is -0.606. The number of hydrogen-bond donors (Lipinski definition) is 1. The number of carbonyl (C=O) groups is 1. The van der Waals surface area contributed by atoms with E-state index < -0.39 is 5.95 Å². The number of carbonyl (C=O) groups excluding carboxylic acids is 1. The van der Waals surface area contributed by atoms with Crippen LogP contribution in [-0.2, 0) is 4.79 Å². The molecule has 0 atom stereocenters. The van der Waals surface area contributed by atoms with Crippen LogP contribution in [0.25, 0.3) is 0 Å². The number of hydrogen-bond acceptors (Lipinski definition) is 4. The fraction of sp³-hybridized carbons (Fsp3) is 0.500. The Morgan fingerprint density at radius 1 is 1.56 bits per heavy atom. The molecule has 1 rings (SSSR count). The molecule has 0 spiro atoms. The third-order valence-electron chi connectivity index (χ3n) is 1.96. The van der Waals surface area contributed by atoms with Crippen LogP contribution in [0.5, 0.6) is 0 Å². The van der Waals surface area contributed by atoms with E-state index in [9.17, 15) is 9.18 Å². The van der Waals surface area contributed by atoms with Crippen LogP contribution in [0.15, 0.2) is 12.4 Å². The van der Waals surface area contributed by atoms with E-state index in [1.165, 1.54) is 6.07 Å². The predicted octanol–water partition coefficient (Wildman–Crippen LogP) is 0.578. The Labute approximate surface area is 93.7 Å². The monoisotopic (exact) mass is 226 g/mol. The van der Waals surface area contributed by atoms with Crippen molar-refractivity contribution in [3.8, 4) is 0 Å². The quantitative estimate of drug-likeness (QED) is 0.746. The van der Waals surface area contributed by atoms with Gasteiger partial charge in [-0.25, -0.2) is 9.97 Å². The minimum Gasteiger partial charge on any atom is -0.355 e. The first-order chi connectivity index (χ1) is 7.63. The normalized spacial score (nSPS) is 9.94. The van der Waals surface area contributed by atoms with Crippen LogP contribution in [0.1, 0.15) is 13.3 Å². The lowest BCUT2D eigenvalue weighted by atomic mass is 10.4. The topological polar surface area (TPSA) is 58.1 Å². The highest BCUT2D eigenvalue weighted by molar-refractivity contribution is 5.80. The zero-order valence-corrected chi connectivity index (χ0v) is 9.40. The highest BCUT2D eigenvalue weighted by Gasteiger charge is 2.08. The van der Waals surface area contributed by atoms with Crippen molar-refractivity contribution in [1.29, 1.82) is 0 Å². The van der Waals surface area contributed by atoms with Gasteiger partial charge < -0.3 is 10.2 Å². The van der Waals surface area contributed by atoms with E-state index in [2.05, 4.69) is 15.3 Å². The van der Waals surface area contributed by atoms with Gasteiger partial charge in [-0.05, 0) is 6.42 Å². The molecule has 0 bridgehead atoms. The largest absolute Gasteiger partial charge is 0.355 e. The third kappa shape index (κ3) is 3.80. The van der Waals surface area contributed by atoms with Gasteiger partial charge in [0.05, 0.1) is 6.54 Å². The molecule has 1 heterocycles. The molecule has 0 saturated heterocycles. The fourth-order valence-electron chi connectivity index (χ4n) is 1.15. The first-order valence-electron chi connectivity index (χ1n) is 5.09. The first kappa shape index (κ1) is 12.4. The molecule has 0 aromatic carbocycles. The molecule has 16 heavy (non-hydrogen) atoms. The van der Waals surface area contributed by atoms with Gasteiger partial charge in [-0.15, -0.1) is 0 Å². The Morgan fingerprint density at radius 3 is 2.94 bits per heavy atom. The zero-order valence-electron chi connectivity index (χ0n) is 9.40. The van der Waals surface area contributed by atoms with Gasteiger partial charge in [0.1, 0.15) is 12.1 Å². The van der Waals surface area contributed by atoms with Crippen molar-refractivity contribution >= 4 is 11.7 Å². The summed E-state index contributed by atoms with van der Waals surface area (Å²) in [4.78, 5) is 20.2. The van der Waals surface area contributed by atoms with Crippen LogP contribution in [0.3, 0.4) is 0 Å². The van der Waals surface area contributed by atoms with Crippen LogP contribution >= 0.6 is 0 Å². The number of aromatic nitrogens is 2. The number of anilines is 1. The molecule has 0 fully saturated rings. The van der Waals surface area contributed by atoms with Crippen molar-refractivity contribution in [3.05, 3.63) is 18.3 Å². The molecule has 0 aliphatic carbocycles. The van der Waals surface area contributed by atoms with E-state index in [1.54, 1.807) is 11.9 Å². The van der Waals surface area contributed by atoms with Crippen LogP contribution in [0, 0.1) is 5.95 Å². The summed E-state index contributed by atoms with van der Waals surface area (Å²) in [6, 6.07) is 1.19. The van der Waals surface area contributed by atoms with E-state index in [0.717, 1.165) is 12.7 Å². The maximum Gasteiger partial charge on any atom is 0.239 e. The van der Waals surface area contributed by atoms with Gasteiger partial charge in [-0.3, -0.25) is 4.79 Å². The van der Waals surface area contributed by atoms with Crippen LogP contribution in [0.4, 0.5) is 10.2 Å². The number of likely N-dealkylation sites (N-methyl/N-ethyl adjacent to an activating group) is 1. The van der Waals surface area contributed by atoms with Gasteiger partial charge in [0, 0.05) is 19.7 Å². The van der Waals surface area contributed by atoms with E-state index in [-0.39, 0.29) is 12.5 Å². The van der Waals surface area contributed by atoms with Gasteiger partial charge in [0.2, 0.25) is 11.9 Å². The van der Waals surface area contributed by atoms with Crippen molar-refractivity contribution in [2.45, 2.75) is 13.3 Å². The van der Waals surface area contributed by atoms with Crippen LogP contribution in [0.2, 0.25) is 0 Å². The first-order valence-corrected chi connectivity index (χ1v) is 5.09. The average Bonchev–Trinajstić information content (AvgIpc) is 2.26. The molecule has 1 aromatic heterocycles. The summed E-state index contributed by atoms with van der Waals surface area (Å²) in [5.74, 6) is -0.326. The van der Waals surface area contributed by atoms with Crippen molar-refractivity contribution in [2.24, 2.45) is 0 Å². The Kier molecular flexibility index (Phi) is 4.63. The predicted molar refractivity (Wildman–Crippen MR) is 58.6 cm³/mol. The molecule has 88 valence electrons. The Balaban J connectivity index is 2.52. The summed E-state index contributed by atoms with van der Waals surface area (Å²) in [6.45, 7) is 2.77. The van der Waals surface area contributed by atoms with Crippen molar-refractivity contribution < 1.29 is 9.18 Å². The highest BCUT2D eigenvalue weighted by atomic mass is 19.1. The highest BCUT2D eigenvalue weighted by Crippen LogP contribution is 2.07. The maximum atomic E-state index is 12.8. The number of nitrogens with zero attached hydrogens (tertiary/aromatic N) is 3. The Hall–Kier alpha value is -1.72. The molecule has 0 aliphatic heterocycles. The minimum absolute atomic E-state index is 0.108. The summed E-state index contributed by atoms with van der Waals surface area (Å²) in [5, 5.41) is 2.73. The molecule has 6 heteroatoms. The molecule has 1 aromatic rings. The fourth-order valence-corrected chi connectivity index (χ4v) is 1.15. The van der Waals surface area contributed by atoms with Crippen molar-refractivity contribution in [2.75, 3.05) is 25.0 Å². The van der Waals surface area contributed by atoms with Crippen molar-refractivity contribution in [3.63, 3.8) is 0 Å². The number of amides is 1. The lowest BCUT2D eigenvalue weighted by Gasteiger charge is -2.16. The second kappa shape index (κ2) is 5.99. The molecule has 0 unspecified atom stereocenters. The molecule has 0 aliphatic rings. The Bertz CT molecular complexity index is 358. The number of nitrogens with one attached hydrogen (secondary N) is 1. The summed E-state index contributed by atoms with van der Waals surface area (Å²) in [5.41, 5.74) is 0. The summed E-state index contributed by atoms with van der Waals surface area (Å²) in [6.07, 6.45) is 2.02. The van der Waals surface area contributed by atoms with Gasteiger partial charge in [-0.1, -0.05) is 6.92 Å². The average molecular weight is 226 g/mol. The second-order valence-electron chi connectivity index (χ2n) is 3.40. The lowest BCUT2D eigenvalue weighted by molar-refractivity contribution is -0.119. The van der Waals surface area contributed by atoms with Gasteiger partial charge in [0.25, 0.3) is 0 Å². The van der Waals surface area contributed by atoms with Gasteiger partial charge in [-0.2, -0.15) is 4.39 Å². The van der Waals surface area contributed by atoms with E-state index >= 15 is 0 Å². The molecular weight excluding hydrogens is 211 g/mol. The zero-order chi connectivity index (χ0) is 12.0. The van der Waals surface area contributed by atoms with Gasteiger partial charge in [0.15, 0.2) is 0 Å². The smallest absolute Gasteiger partial charge is 0.239 e. The summed E-state index contributed by atoms with van der Waals surface area (Å²) < 4.78 is 12.8. The van der Waals surface area contributed by atoms with E-state index in [1.807, 2.05) is 6.92 Å². The summed E-state index contributed by atoms with van der Waals surface area (Å²) >= 11 is 0. The van der Waals surface area contributed by atoms with E-state index in [4.69, 9.17) is 0 Å². The Morgan fingerprint density at radius 2 is 2.31 bits per heavy atom. The molecule has 0 radical (unpaired) electrons. The number of halogens is 1. The molecular formula is C10H15FN4O. The molecule has 1 N–H and O–H groups in total. The van der Waals surface area contributed by atoms with E-state index in [0.29, 0.717) is 12.4 Å². The molecule has 0 saturated carbocycles. The molecule has 5 nitrogen and oxygen atoms in total. The molecule has 1 amide bonds. The third-order valence-corrected chi connectivity index (χ3v) is 1.96. The van der Waals surface area contributed by atoms with Crippen LogP contribution < -0.4 is 10.2 Å². The standard InChI is InChI=1S/C10H15FN4O/c1-3-4-12-10(16)6-15(2)9-5-8(11)13-7-14-9/h5,7H,3-4,6H2,1-2H3,(H,12,16).